The summed E-state index contributed by atoms with van der Waals surface area (Å²) < 4.78 is 19.4. The van der Waals surface area contributed by atoms with Crippen molar-refractivity contribution in [3.8, 4) is 33.5 Å². The Labute approximate surface area is 198 Å². The van der Waals surface area contributed by atoms with Crippen LogP contribution >= 0.6 is 11.3 Å². The third kappa shape index (κ3) is 3.75. The lowest BCUT2D eigenvalue weighted by Crippen LogP contribution is -1.96. The second-order valence-corrected chi connectivity index (χ2v) is 8.58. The van der Waals surface area contributed by atoms with Crippen LogP contribution in [0.2, 0.25) is 0 Å². The van der Waals surface area contributed by atoms with Crippen LogP contribution in [0.1, 0.15) is 11.4 Å². The van der Waals surface area contributed by atoms with E-state index < -0.39 is 0 Å². The van der Waals surface area contributed by atoms with E-state index >= 15 is 0 Å². The summed E-state index contributed by atoms with van der Waals surface area (Å²) in [5.41, 5.74) is 4.03. The molecule has 0 amide bonds. The lowest BCUT2D eigenvalue weighted by Gasteiger charge is -2.07. The van der Waals surface area contributed by atoms with Crippen LogP contribution in [0.4, 0.5) is 0 Å². The molecule has 6 rings (SSSR count). The molecule has 0 spiro atoms. The monoisotopic (exact) mass is 469 g/mol. The number of hydrogen-bond donors (Lipinski definition) is 0. The highest BCUT2D eigenvalue weighted by Gasteiger charge is 2.16. The van der Waals surface area contributed by atoms with Crippen LogP contribution in [-0.2, 0) is 6.61 Å². The van der Waals surface area contributed by atoms with E-state index in [-0.39, 0.29) is 0 Å². The van der Waals surface area contributed by atoms with Crippen LogP contribution in [-0.4, -0.2) is 31.7 Å². The van der Waals surface area contributed by atoms with Crippen molar-refractivity contribution in [3.63, 3.8) is 0 Å². The lowest BCUT2D eigenvalue weighted by atomic mass is 10.2. The van der Waals surface area contributed by atoms with E-state index in [4.69, 9.17) is 18.9 Å². The maximum Gasteiger partial charge on any atom is 0.251 e. The van der Waals surface area contributed by atoms with Gasteiger partial charge in [0, 0.05) is 23.1 Å². The molecule has 6 aromatic rings. The fourth-order valence-electron chi connectivity index (χ4n) is 3.67. The summed E-state index contributed by atoms with van der Waals surface area (Å²) in [7, 11) is 1.61. The van der Waals surface area contributed by atoms with Gasteiger partial charge in [0.25, 0.3) is 5.78 Å². The Bertz CT molecular complexity index is 1620. The van der Waals surface area contributed by atoms with Crippen LogP contribution in [0.5, 0.6) is 11.5 Å². The van der Waals surface area contributed by atoms with Crippen LogP contribution < -0.4 is 9.47 Å². The van der Waals surface area contributed by atoms with Gasteiger partial charge in [-0.1, -0.05) is 30.3 Å². The van der Waals surface area contributed by atoms with Gasteiger partial charge in [-0.05, 0) is 13.0 Å². The number of rotatable bonds is 6. The Balaban J connectivity index is 1.32. The third-order valence-corrected chi connectivity index (χ3v) is 6.25. The number of ether oxygens (including phenoxy) is 2. The fourth-order valence-corrected chi connectivity index (χ4v) is 4.48. The molecule has 0 saturated heterocycles. The molecule has 168 valence electrons. The molecule has 0 aliphatic carbocycles. The van der Waals surface area contributed by atoms with Gasteiger partial charge in [-0.2, -0.15) is 5.10 Å². The number of aryl methyl sites for hydroxylation is 1. The number of nitrogens with zero attached hydrogens (tertiary/aromatic N) is 5. The van der Waals surface area contributed by atoms with E-state index in [0.717, 1.165) is 27.3 Å². The van der Waals surface area contributed by atoms with Crippen molar-refractivity contribution in [1.82, 2.24) is 24.6 Å². The minimum Gasteiger partial charge on any atom is -0.496 e. The van der Waals surface area contributed by atoms with Crippen LogP contribution in [0.3, 0.4) is 0 Å². The Morgan fingerprint density at radius 3 is 2.82 bits per heavy atom. The smallest absolute Gasteiger partial charge is 0.251 e. The highest BCUT2D eigenvalue weighted by atomic mass is 32.1. The largest absolute Gasteiger partial charge is 0.496 e. The number of methoxy groups -OCH3 is 1. The third-order valence-electron chi connectivity index (χ3n) is 5.31. The molecule has 8 nitrogen and oxygen atoms in total. The van der Waals surface area contributed by atoms with Gasteiger partial charge in [-0.25, -0.2) is 19.5 Å². The number of thiazole rings is 1. The first-order valence-corrected chi connectivity index (χ1v) is 11.5. The Morgan fingerprint density at radius 2 is 1.97 bits per heavy atom. The molecular formula is C25H19N5O3S. The number of hydrogen-bond acceptors (Lipinski definition) is 8. The minimum atomic E-state index is 0.327. The van der Waals surface area contributed by atoms with Crippen molar-refractivity contribution in [2.75, 3.05) is 7.11 Å². The number of benzene rings is 2. The number of imidazole rings is 1. The Morgan fingerprint density at radius 1 is 1.09 bits per heavy atom. The summed E-state index contributed by atoms with van der Waals surface area (Å²) in [5.74, 6) is 2.39. The summed E-state index contributed by atoms with van der Waals surface area (Å²) in [5, 5.41) is 8.21. The van der Waals surface area contributed by atoms with Gasteiger partial charge in [-0.3, -0.25) is 0 Å². The molecule has 0 atom stereocenters. The summed E-state index contributed by atoms with van der Waals surface area (Å²) in [6.07, 6.45) is 3.48. The van der Waals surface area contributed by atoms with E-state index in [0.29, 0.717) is 40.9 Å². The number of aromatic nitrogens is 5. The standard InChI is InChI=1S/C25H19N5O3S/c1-15-11-26-25-28-20(12-30(25)29-15)23-10-19-21(8-18(31-2)9-22(19)33-23)32-13-17-14-34-24(27-17)16-6-4-3-5-7-16/h3-12,14H,13H2,1-2H3. The summed E-state index contributed by atoms with van der Waals surface area (Å²) in [4.78, 5) is 13.6. The second-order valence-electron chi connectivity index (χ2n) is 7.72. The van der Waals surface area contributed by atoms with E-state index in [9.17, 15) is 0 Å². The number of furan rings is 1. The van der Waals surface area contributed by atoms with E-state index in [1.165, 1.54) is 0 Å². The summed E-state index contributed by atoms with van der Waals surface area (Å²) in [6.45, 7) is 2.21. The van der Waals surface area contributed by atoms with Crippen LogP contribution in [0, 0.1) is 6.92 Å². The van der Waals surface area contributed by atoms with Gasteiger partial charge in [0.1, 0.15) is 34.4 Å². The van der Waals surface area contributed by atoms with E-state index in [1.807, 2.05) is 60.8 Å². The average molecular weight is 470 g/mol. The van der Waals surface area contributed by atoms with Gasteiger partial charge in [0.2, 0.25) is 0 Å². The predicted molar refractivity (Wildman–Crippen MR) is 129 cm³/mol. The zero-order chi connectivity index (χ0) is 23.1. The minimum absolute atomic E-state index is 0.327. The van der Waals surface area contributed by atoms with Crippen molar-refractivity contribution < 1.29 is 13.9 Å². The van der Waals surface area contributed by atoms with Crippen molar-refractivity contribution in [2.45, 2.75) is 13.5 Å². The molecule has 0 unspecified atom stereocenters. The molecule has 0 saturated carbocycles. The first kappa shape index (κ1) is 20.4. The quantitative estimate of drug-likeness (QED) is 0.316. The van der Waals surface area contributed by atoms with Gasteiger partial charge < -0.3 is 13.9 Å². The molecular weight excluding hydrogens is 450 g/mol. The van der Waals surface area contributed by atoms with Crippen LogP contribution in [0.25, 0.3) is 38.8 Å². The highest BCUT2D eigenvalue weighted by Crippen LogP contribution is 2.37. The SMILES string of the molecule is COc1cc(OCc2csc(-c3ccccc3)n2)c2cc(-c3cn4nc(C)cnc4n3)oc2c1. The molecule has 0 aliphatic heterocycles. The zero-order valence-electron chi connectivity index (χ0n) is 18.4. The molecule has 9 heteroatoms. The zero-order valence-corrected chi connectivity index (χ0v) is 19.2. The molecule has 2 aromatic carbocycles. The topological polar surface area (TPSA) is 87.6 Å². The molecule has 34 heavy (non-hydrogen) atoms. The van der Waals surface area contributed by atoms with Gasteiger partial charge in [0.05, 0.1) is 36.3 Å². The van der Waals surface area contributed by atoms with Gasteiger partial charge in [0.15, 0.2) is 5.76 Å². The first-order chi connectivity index (χ1) is 16.7. The second kappa shape index (κ2) is 8.27. The van der Waals surface area contributed by atoms with Crippen molar-refractivity contribution >= 4 is 28.1 Å². The normalized spacial score (nSPS) is 11.4. The maximum absolute atomic E-state index is 6.17. The summed E-state index contributed by atoms with van der Waals surface area (Å²) >= 11 is 1.60. The Hall–Kier alpha value is -4.24. The first-order valence-electron chi connectivity index (χ1n) is 10.6. The Kier molecular flexibility index (Phi) is 4.96. The van der Waals surface area contributed by atoms with E-state index in [1.54, 1.807) is 35.4 Å². The van der Waals surface area contributed by atoms with Crippen molar-refractivity contribution in [3.05, 3.63) is 77.7 Å². The molecule has 4 aromatic heterocycles. The van der Waals surface area contributed by atoms with Crippen LogP contribution in [0.15, 0.2) is 70.7 Å². The van der Waals surface area contributed by atoms with Gasteiger partial charge in [-0.15, -0.1) is 11.3 Å². The number of fused-ring (bicyclic) bond motifs is 2. The van der Waals surface area contributed by atoms with Gasteiger partial charge >= 0.3 is 0 Å². The van der Waals surface area contributed by atoms with E-state index in [2.05, 4.69) is 15.1 Å². The molecule has 0 fully saturated rings. The fraction of sp³-hybridized carbons (Fsp3) is 0.120. The lowest BCUT2D eigenvalue weighted by molar-refractivity contribution is 0.303. The van der Waals surface area contributed by atoms with Crippen molar-refractivity contribution in [1.29, 1.82) is 0 Å². The maximum atomic E-state index is 6.17. The molecule has 4 heterocycles. The molecule has 0 radical (unpaired) electrons. The molecule has 0 N–H and O–H groups in total. The predicted octanol–water partition coefficient (Wildman–Crippen LogP) is 5.56. The molecule has 0 aliphatic rings. The van der Waals surface area contributed by atoms with Crippen molar-refractivity contribution in [2.24, 2.45) is 0 Å². The highest BCUT2D eigenvalue weighted by molar-refractivity contribution is 7.13. The summed E-state index contributed by atoms with van der Waals surface area (Å²) in [6, 6.07) is 15.7. The average Bonchev–Trinajstić information content (AvgIpc) is 3.60. The molecule has 0 bridgehead atoms.